The van der Waals surface area contributed by atoms with Gasteiger partial charge in [0.25, 0.3) is 0 Å². The molecule has 3 heteroatoms. The first-order valence-corrected chi connectivity index (χ1v) is 6.64. The van der Waals surface area contributed by atoms with E-state index in [0.29, 0.717) is 5.69 Å². The lowest BCUT2D eigenvalue weighted by atomic mass is 10.00. The second-order valence-electron chi connectivity index (χ2n) is 4.83. The van der Waals surface area contributed by atoms with Gasteiger partial charge in [0.1, 0.15) is 0 Å². The van der Waals surface area contributed by atoms with Gasteiger partial charge in [-0.1, -0.05) is 41.4 Å². The SMILES string of the molecule is Cc1ccc(C(C)Nc2cccc(Cl)c2F)c(C)c1. The summed E-state index contributed by atoms with van der Waals surface area (Å²) in [5.41, 5.74) is 4.01. The molecule has 0 saturated carbocycles. The van der Waals surface area contributed by atoms with Gasteiger partial charge in [-0.05, 0) is 44.0 Å². The van der Waals surface area contributed by atoms with Crippen LogP contribution in [0, 0.1) is 19.7 Å². The smallest absolute Gasteiger partial charge is 0.164 e. The Labute approximate surface area is 118 Å². The molecule has 1 atom stereocenters. The zero-order valence-corrected chi connectivity index (χ0v) is 12.1. The summed E-state index contributed by atoms with van der Waals surface area (Å²) in [5.74, 6) is -0.402. The fraction of sp³-hybridized carbons (Fsp3) is 0.250. The van der Waals surface area contributed by atoms with Crippen LogP contribution in [-0.4, -0.2) is 0 Å². The predicted molar refractivity (Wildman–Crippen MR) is 79.4 cm³/mol. The molecule has 0 bridgehead atoms. The maximum absolute atomic E-state index is 13.8. The molecule has 2 aromatic rings. The lowest BCUT2D eigenvalue weighted by molar-refractivity contribution is 0.628. The molecule has 1 N–H and O–H groups in total. The zero-order chi connectivity index (χ0) is 14.0. The molecule has 100 valence electrons. The van der Waals surface area contributed by atoms with Gasteiger partial charge in [0.05, 0.1) is 10.7 Å². The van der Waals surface area contributed by atoms with Gasteiger partial charge >= 0.3 is 0 Å². The number of aryl methyl sites for hydroxylation is 2. The summed E-state index contributed by atoms with van der Waals surface area (Å²) in [6, 6.07) is 11.3. The van der Waals surface area contributed by atoms with Crippen LogP contribution in [0.4, 0.5) is 10.1 Å². The molecule has 0 aliphatic rings. The normalized spacial score (nSPS) is 12.3. The fourth-order valence-electron chi connectivity index (χ4n) is 2.24. The van der Waals surface area contributed by atoms with Gasteiger partial charge in [-0.3, -0.25) is 0 Å². The summed E-state index contributed by atoms with van der Waals surface area (Å²) < 4.78 is 13.8. The molecule has 1 unspecified atom stereocenters. The van der Waals surface area contributed by atoms with Crippen molar-refractivity contribution in [1.82, 2.24) is 0 Å². The molecule has 0 radical (unpaired) electrons. The second-order valence-corrected chi connectivity index (χ2v) is 5.23. The maximum Gasteiger partial charge on any atom is 0.164 e. The van der Waals surface area contributed by atoms with Gasteiger partial charge in [0, 0.05) is 6.04 Å². The highest BCUT2D eigenvalue weighted by molar-refractivity contribution is 6.31. The Kier molecular flexibility index (Phi) is 4.11. The van der Waals surface area contributed by atoms with Crippen molar-refractivity contribution in [2.45, 2.75) is 26.8 Å². The summed E-state index contributed by atoms with van der Waals surface area (Å²) in [6.07, 6.45) is 0. The Hall–Kier alpha value is -1.54. The highest BCUT2D eigenvalue weighted by Gasteiger charge is 2.12. The number of anilines is 1. The van der Waals surface area contributed by atoms with E-state index >= 15 is 0 Å². The quantitative estimate of drug-likeness (QED) is 0.806. The minimum atomic E-state index is -0.402. The van der Waals surface area contributed by atoms with Crippen LogP contribution in [-0.2, 0) is 0 Å². The van der Waals surface area contributed by atoms with E-state index in [1.807, 2.05) is 6.92 Å². The third kappa shape index (κ3) is 3.07. The zero-order valence-electron chi connectivity index (χ0n) is 11.3. The molecule has 0 saturated heterocycles. The average Bonchev–Trinajstić information content (AvgIpc) is 2.34. The van der Waals surface area contributed by atoms with Crippen molar-refractivity contribution in [1.29, 1.82) is 0 Å². The summed E-state index contributed by atoms with van der Waals surface area (Å²) in [5, 5.41) is 3.30. The van der Waals surface area contributed by atoms with Gasteiger partial charge in [0.2, 0.25) is 0 Å². The van der Waals surface area contributed by atoms with Crippen LogP contribution < -0.4 is 5.32 Å². The van der Waals surface area contributed by atoms with Crippen LogP contribution in [0.1, 0.15) is 29.7 Å². The number of nitrogens with one attached hydrogen (secondary N) is 1. The van der Waals surface area contributed by atoms with Gasteiger partial charge in [-0.25, -0.2) is 4.39 Å². The van der Waals surface area contributed by atoms with Crippen LogP contribution in [0.5, 0.6) is 0 Å². The van der Waals surface area contributed by atoms with Crippen molar-refractivity contribution < 1.29 is 4.39 Å². The Morgan fingerprint density at radius 3 is 2.58 bits per heavy atom. The number of hydrogen-bond donors (Lipinski definition) is 1. The standard InChI is InChI=1S/C16H17ClFN/c1-10-7-8-13(11(2)9-10)12(3)19-15-6-4-5-14(17)16(15)18/h4-9,12,19H,1-3H3. The molecule has 19 heavy (non-hydrogen) atoms. The Balaban J connectivity index is 2.25. The second kappa shape index (κ2) is 5.62. The van der Waals surface area contributed by atoms with Crippen LogP contribution in [0.2, 0.25) is 5.02 Å². The van der Waals surface area contributed by atoms with Crippen LogP contribution in [0.15, 0.2) is 36.4 Å². The first-order chi connectivity index (χ1) is 8.99. The van der Waals surface area contributed by atoms with Gasteiger partial charge < -0.3 is 5.32 Å². The Morgan fingerprint density at radius 2 is 1.89 bits per heavy atom. The Bertz CT molecular complexity index is 595. The van der Waals surface area contributed by atoms with Crippen molar-refractivity contribution in [2.24, 2.45) is 0 Å². The van der Waals surface area contributed by atoms with Crippen molar-refractivity contribution in [3.05, 3.63) is 63.9 Å². The Morgan fingerprint density at radius 1 is 1.16 bits per heavy atom. The molecule has 0 spiro atoms. The molecule has 0 aliphatic heterocycles. The van der Waals surface area contributed by atoms with E-state index < -0.39 is 5.82 Å². The van der Waals surface area contributed by atoms with Crippen LogP contribution >= 0.6 is 11.6 Å². The topological polar surface area (TPSA) is 12.0 Å². The number of benzene rings is 2. The van der Waals surface area contributed by atoms with Crippen molar-refractivity contribution in [3.8, 4) is 0 Å². The summed E-state index contributed by atoms with van der Waals surface area (Å²) in [6.45, 7) is 6.14. The minimum Gasteiger partial charge on any atom is -0.376 e. The van der Waals surface area contributed by atoms with Crippen molar-refractivity contribution in [2.75, 3.05) is 5.32 Å². The van der Waals surface area contributed by atoms with Gasteiger partial charge in [0.15, 0.2) is 5.82 Å². The lowest BCUT2D eigenvalue weighted by Crippen LogP contribution is -2.09. The van der Waals surface area contributed by atoms with Gasteiger partial charge in [-0.2, -0.15) is 0 Å². The average molecular weight is 278 g/mol. The molecule has 0 aromatic heterocycles. The fourth-order valence-corrected chi connectivity index (χ4v) is 2.41. The van der Waals surface area contributed by atoms with E-state index in [9.17, 15) is 4.39 Å². The highest BCUT2D eigenvalue weighted by Crippen LogP contribution is 2.27. The number of rotatable bonds is 3. The molecular weight excluding hydrogens is 261 g/mol. The first-order valence-electron chi connectivity index (χ1n) is 6.26. The first kappa shape index (κ1) is 13.9. The van der Waals surface area contributed by atoms with Gasteiger partial charge in [-0.15, -0.1) is 0 Å². The molecular formula is C16H17ClFN. The molecule has 1 nitrogen and oxygen atoms in total. The van der Waals surface area contributed by atoms with E-state index in [4.69, 9.17) is 11.6 Å². The highest BCUT2D eigenvalue weighted by atomic mass is 35.5. The van der Waals surface area contributed by atoms with Crippen LogP contribution in [0.3, 0.4) is 0 Å². The summed E-state index contributed by atoms with van der Waals surface area (Å²) in [4.78, 5) is 0. The van der Waals surface area contributed by atoms with E-state index in [1.54, 1.807) is 18.2 Å². The molecule has 2 aromatic carbocycles. The monoisotopic (exact) mass is 277 g/mol. The molecule has 0 aliphatic carbocycles. The summed E-state index contributed by atoms with van der Waals surface area (Å²) >= 11 is 5.78. The molecule has 2 rings (SSSR count). The maximum atomic E-state index is 13.8. The number of halogens is 2. The third-order valence-electron chi connectivity index (χ3n) is 3.22. The van der Waals surface area contributed by atoms with Crippen LogP contribution in [0.25, 0.3) is 0 Å². The predicted octanol–water partition coefficient (Wildman–Crippen LogP) is 5.27. The van der Waals surface area contributed by atoms with E-state index in [-0.39, 0.29) is 11.1 Å². The third-order valence-corrected chi connectivity index (χ3v) is 3.51. The molecule has 0 amide bonds. The molecule has 0 heterocycles. The van der Waals surface area contributed by atoms with Crippen molar-refractivity contribution >= 4 is 17.3 Å². The molecule has 0 fully saturated rings. The largest absolute Gasteiger partial charge is 0.376 e. The summed E-state index contributed by atoms with van der Waals surface area (Å²) in [7, 11) is 0. The lowest BCUT2D eigenvalue weighted by Gasteiger charge is -2.19. The van der Waals surface area contributed by atoms with Crippen molar-refractivity contribution in [3.63, 3.8) is 0 Å². The van der Waals surface area contributed by atoms with E-state index in [0.717, 1.165) is 5.56 Å². The van der Waals surface area contributed by atoms with E-state index in [2.05, 4.69) is 37.4 Å². The number of hydrogen-bond acceptors (Lipinski definition) is 1. The minimum absolute atomic E-state index is 0.0218. The van der Waals surface area contributed by atoms with E-state index in [1.165, 1.54) is 11.1 Å².